The Hall–Kier alpha value is -0.0800. The fraction of sp³-hybridized carbons (Fsp3) is 1.00. The van der Waals surface area contributed by atoms with E-state index in [1.54, 1.807) is 0 Å². The van der Waals surface area contributed by atoms with Gasteiger partial charge in [0.1, 0.15) is 0 Å². The Labute approximate surface area is 75.7 Å². The normalized spacial score (nSPS) is 32.8. The molecular weight excluding hydrogens is 150 g/mol. The maximum Gasteiger partial charge on any atom is 0.0506 e. The Morgan fingerprint density at radius 3 is 2.08 bits per heavy atom. The van der Waals surface area contributed by atoms with Gasteiger partial charge in [-0.2, -0.15) is 0 Å². The Bertz CT molecular complexity index is 126. The first-order valence-electron chi connectivity index (χ1n) is 4.95. The molecule has 0 saturated carbocycles. The van der Waals surface area contributed by atoms with Crippen LogP contribution in [-0.2, 0) is 4.74 Å². The van der Waals surface area contributed by atoms with Crippen LogP contribution in [0, 0.1) is 11.8 Å². The molecule has 0 amide bonds. The molecule has 0 aliphatic carbocycles. The molecule has 2 nitrogen and oxygen atoms in total. The molecule has 0 unspecified atom stereocenters. The number of nitrogens with one attached hydrogen (secondary N) is 1. The van der Waals surface area contributed by atoms with Crippen LogP contribution in [0.25, 0.3) is 0 Å². The summed E-state index contributed by atoms with van der Waals surface area (Å²) in [4.78, 5) is 0. The van der Waals surface area contributed by atoms with Gasteiger partial charge in [-0.3, -0.25) is 0 Å². The second kappa shape index (κ2) is 4.24. The molecule has 0 aromatic carbocycles. The van der Waals surface area contributed by atoms with Gasteiger partial charge < -0.3 is 10.1 Å². The summed E-state index contributed by atoms with van der Waals surface area (Å²) < 4.78 is 5.47. The molecule has 1 saturated heterocycles. The highest BCUT2D eigenvalue weighted by Crippen LogP contribution is 2.19. The summed E-state index contributed by atoms with van der Waals surface area (Å²) in [6, 6.07) is 1.22. The molecule has 2 heteroatoms. The predicted molar refractivity (Wildman–Crippen MR) is 51.2 cm³/mol. The molecule has 1 heterocycles. The lowest BCUT2D eigenvalue weighted by Crippen LogP contribution is -2.49. The quantitative estimate of drug-likeness (QED) is 0.682. The SMILES string of the molecule is CC(C)NC1[C@H](C)COC[C@H]1C. The van der Waals surface area contributed by atoms with E-state index in [2.05, 4.69) is 33.0 Å². The molecule has 2 atom stereocenters. The third-order valence-electron chi connectivity index (χ3n) is 2.51. The van der Waals surface area contributed by atoms with Crippen LogP contribution in [0.15, 0.2) is 0 Å². The predicted octanol–water partition coefficient (Wildman–Crippen LogP) is 1.66. The summed E-state index contributed by atoms with van der Waals surface area (Å²) in [6.07, 6.45) is 0. The number of ether oxygens (including phenoxy) is 1. The van der Waals surface area contributed by atoms with Crippen molar-refractivity contribution >= 4 is 0 Å². The van der Waals surface area contributed by atoms with Gasteiger partial charge in [0.05, 0.1) is 13.2 Å². The first-order chi connectivity index (χ1) is 5.61. The van der Waals surface area contributed by atoms with Crippen molar-refractivity contribution in [3.63, 3.8) is 0 Å². The summed E-state index contributed by atoms with van der Waals surface area (Å²) >= 11 is 0. The minimum absolute atomic E-state index is 0.581. The van der Waals surface area contributed by atoms with E-state index in [9.17, 15) is 0 Å². The molecule has 1 fully saturated rings. The Balaban J connectivity index is 2.45. The average molecular weight is 171 g/mol. The zero-order chi connectivity index (χ0) is 9.14. The molecule has 1 aliphatic rings. The fourth-order valence-corrected chi connectivity index (χ4v) is 1.92. The second-order valence-electron chi connectivity index (χ2n) is 4.34. The van der Waals surface area contributed by atoms with Crippen molar-refractivity contribution in [1.29, 1.82) is 0 Å². The van der Waals surface area contributed by atoms with Crippen LogP contribution in [0.2, 0.25) is 0 Å². The van der Waals surface area contributed by atoms with Crippen LogP contribution >= 0.6 is 0 Å². The molecule has 72 valence electrons. The fourth-order valence-electron chi connectivity index (χ4n) is 1.92. The highest BCUT2D eigenvalue weighted by atomic mass is 16.5. The summed E-state index contributed by atoms with van der Waals surface area (Å²) in [5.74, 6) is 1.30. The molecule has 0 radical (unpaired) electrons. The Morgan fingerprint density at radius 2 is 1.67 bits per heavy atom. The maximum atomic E-state index is 5.47. The molecule has 0 aromatic heterocycles. The van der Waals surface area contributed by atoms with E-state index in [0.29, 0.717) is 23.9 Å². The van der Waals surface area contributed by atoms with E-state index in [4.69, 9.17) is 4.74 Å². The van der Waals surface area contributed by atoms with Gasteiger partial charge in [0, 0.05) is 12.1 Å². The van der Waals surface area contributed by atoms with E-state index >= 15 is 0 Å². The first-order valence-corrected chi connectivity index (χ1v) is 4.95. The molecular formula is C10H21NO. The maximum absolute atomic E-state index is 5.47. The third-order valence-corrected chi connectivity index (χ3v) is 2.51. The summed E-state index contributed by atoms with van der Waals surface area (Å²) in [5, 5.41) is 3.60. The van der Waals surface area contributed by atoms with Gasteiger partial charge in [-0.25, -0.2) is 0 Å². The van der Waals surface area contributed by atoms with Crippen LogP contribution in [0.1, 0.15) is 27.7 Å². The lowest BCUT2D eigenvalue weighted by atomic mass is 9.89. The monoisotopic (exact) mass is 171 g/mol. The van der Waals surface area contributed by atoms with Crippen LogP contribution in [0.4, 0.5) is 0 Å². The molecule has 1 N–H and O–H groups in total. The number of hydrogen-bond donors (Lipinski definition) is 1. The minimum atomic E-state index is 0.581. The lowest BCUT2D eigenvalue weighted by molar-refractivity contribution is -0.000186. The molecule has 1 rings (SSSR count). The van der Waals surface area contributed by atoms with Gasteiger partial charge in [0.2, 0.25) is 0 Å². The number of rotatable bonds is 2. The van der Waals surface area contributed by atoms with Crippen molar-refractivity contribution in [1.82, 2.24) is 5.32 Å². The van der Waals surface area contributed by atoms with Crippen molar-refractivity contribution in [3.8, 4) is 0 Å². The Morgan fingerprint density at radius 1 is 1.17 bits per heavy atom. The third kappa shape index (κ3) is 2.46. The van der Waals surface area contributed by atoms with Crippen molar-refractivity contribution in [2.24, 2.45) is 11.8 Å². The van der Waals surface area contributed by atoms with Gasteiger partial charge in [0.15, 0.2) is 0 Å². The van der Waals surface area contributed by atoms with Crippen LogP contribution < -0.4 is 5.32 Å². The van der Waals surface area contributed by atoms with Crippen LogP contribution in [0.3, 0.4) is 0 Å². The second-order valence-corrected chi connectivity index (χ2v) is 4.34. The topological polar surface area (TPSA) is 21.3 Å². The zero-order valence-corrected chi connectivity index (χ0v) is 8.63. The van der Waals surface area contributed by atoms with Crippen molar-refractivity contribution in [2.75, 3.05) is 13.2 Å². The molecule has 0 bridgehead atoms. The van der Waals surface area contributed by atoms with Crippen LogP contribution in [-0.4, -0.2) is 25.3 Å². The highest BCUT2D eigenvalue weighted by molar-refractivity contribution is 4.82. The van der Waals surface area contributed by atoms with Gasteiger partial charge >= 0.3 is 0 Å². The number of hydrogen-bond acceptors (Lipinski definition) is 2. The van der Waals surface area contributed by atoms with E-state index in [-0.39, 0.29) is 0 Å². The van der Waals surface area contributed by atoms with Gasteiger partial charge in [-0.15, -0.1) is 0 Å². The van der Waals surface area contributed by atoms with Crippen molar-refractivity contribution in [2.45, 2.75) is 39.8 Å². The van der Waals surface area contributed by atoms with Gasteiger partial charge in [-0.1, -0.05) is 27.7 Å². The highest BCUT2D eigenvalue weighted by Gasteiger charge is 2.28. The van der Waals surface area contributed by atoms with E-state index in [0.717, 1.165) is 13.2 Å². The standard InChI is InChI=1S/C10H21NO/c1-7(2)11-10-8(3)5-12-6-9(10)4/h7-11H,5-6H2,1-4H3/t8-,9-/m1/s1. The van der Waals surface area contributed by atoms with E-state index in [1.165, 1.54) is 0 Å². The average Bonchev–Trinajstić information content (AvgIpc) is 1.97. The Kier molecular flexibility index (Phi) is 3.53. The van der Waals surface area contributed by atoms with E-state index < -0.39 is 0 Å². The minimum Gasteiger partial charge on any atom is -0.381 e. The molecule has 12 heavy (non-hydrogen) atoms. The largest absolute Gasteiger partial charge is 0.381 e. The molecule has 0 aromatic rings. The van der Waals surface area contributed by atoms with Gasteiger partial charge in [-0.05, 0) is 11.8 Å². The summed E-state index contributed by atoms with van der Waals surface area (Å²) in [6.45, 7) is 10.7. The van der Waals surface area contributed by atoms with Crippen molar-refractivity contribution in [3.05, 3.63) is 0 Å². The summed E-state index contributed by atoms with van der Waals surface area (Å²) in [5.41, 5.74) is 0. The molecule has 0 spiro atoms. The first kappa shape index (κ1) is 10.0. The van der Waals surface area contributed by atoms with Crippen molar-refractivity contribution < 1.29 is 4.74 Å². The summed E-state index contributed by atoms with van der Waals surface area (Å²) in [7, 11) is 0. The van der Waals surface area contributed by atoms with E-state index in [1.807, 2.05) is 0 Å². The van der Waals surface area contributed by atoms with Crippen LogP contribution in [0.5, 0.6) is 0 Å². The molecule has 1 aliphatic heterocycles. The smallest absolute Gasteiger partial charge is 0.0506 e. The zero-order valence-electron chi connectivity index (χ0n) is 8.63. The lowest BCUT2D eigenvalue weighted by Gasteiger charge is -2.36. The van der Waals surface area contributed by atoms with Gasteiger partial charge in [0.25, 0.3) is 0 Å².